The van der Waals surface area contributed by atoms with Crippen molar-refractivity contribution in [3.8, 4) is 0 Å². The minimum absolute atomic E-state index is 0.276. The van der Waals surface area contributed by atoms with E-state index < -0.39 is 5.97 Å². The van der Waals surface area contributed by atoms with Gasteiger partial charge in [-0.15, -0.1) is 0 Å². The van der Waals surface area contributed by atoms with Crippen LogP contribution in [0.15, 0.2) is 48.5 Å². The molecule has 0 bridgehead atoms. The number of hydrogen-bond acceptors (Lipinski definition) is 2. The molecule has 23 heavy (non-hydrogen) atoms. The molecule has 0 aliphatic heterocycles. The van der Waals surface area contributed by atoms with Crippen LogP contribution in [0.3, 0.4) is 0 Å². The Morgan fingerprint density at radius 1 is 1.17 bits per heavy atom. The lowest BCUT2D eigenvalue weighted by molar-refractivity contribution is 0.0690. The summed E-state index contributed by atoms with van der Waals surface area (Å²) >= 11 is 0. The van der Waals surface area contributed by atoms with Gasteiger partial charge in [0, 0.05) is 23.0 Å². The normalized spacial score (nSPS) is 11.0. The molecule has 0 unspecified atom stereocenters. The highest BCUT2D eigenvalue weighted by atomic mass is 16.4. The zero-order chi connectivity index (χ0) is 16.2. The molecule has 0 atom stereocenters. The van der Waals surface area contributed by atoms with Crippen molar-refractivity contribution in [2.75, 3.05) is 6.54 Å². The molecular weight excluding hydrogens is 288 g/mol. The molecule has 3 N–H and O–H groups in total. The van der Waals surface area contributed by atoms with E-state index in [4.69, 9.17) is 0 Å². The second-order valence-corrected chi connectivity index (χ2v) is 5.75. The van der Waals surface area contributed by atoms with Crippen molar-refractivity contribution in [2.45, 2.75) is 19.9 Å². The lowest BCUT2D eigenvalue weighted by Gasteiger charge is -2.06. The number of hydrogen-bond donors (Lipinski definition) is 3. The highest BCUT2D eigenvalue weighted by molar-refractivity contribution is 5.97. The number of carboxylic acids is 1. The largest absolute Gasteiger partial charge is 0.477 e. The number of rotatable bonds is 6. The maximum atomic E-state index is 11.5. The van der Waals surface area contributed by atoms with Crippen molar-refractivity contribution in [1.82, 2.24) is 10.3 Å². The van der Waals surface area contributed by atoms with Crippen molar-refractivity contribution in [3.63, 3.8) is 0 Å². The van der Waals surface area contributed by atoms with Gasteiger partial charge in [0.2, 0.25) is 0 Å². The second-order valence-electron chi connectivity index (χ2n) is 5.75. The predicted octanol–water partition coefficient (Wildman–Crippen LogP) is 3.51. The summed E-state index contributed by atoms with van der Waals surface area (Å²) in [6.07, 6.45) is 0.921. The Bertz CT molecular complexity index is 822. The molecule has 0 saturated heterocycles. The van der Waals surface area contributed by atoms with Gasteiger partial charge in [0.15, 0.2) is 0 Å². The number of aryl methyl sites for hydroxylation is 1. The maximum Gasteiger partial charge on any atom is 0.352 e. The van der Waals surface area contributed by atoms with E-state index in [1.807, 2.05) is 43.3 Å². The third kappa shape index (κ3) is 3.43. The quantitative estimate of drug-likeness (QED) is 0.611. The average Bonchev–Trinajstić information content (AvgIpc) is 2.90. The number of carboxylic acid groups (broad SMARTS) is 1. The fraction of sp³-hybridized carbons (Fsp3) is 0.211. The predicted molar refractivity (Wildman–Crippen MR) is 91.8 cm³/mol. The van der Waals surface area contributed by atoms with Crippen molar-refractivity contribution in [3.05, 3.63) is 70.9 Å². The number of aromatic nitrogens is 1. The van der Waals surface area contributed by atoms with E-state index >= 15 is 0 Å². The van der Waals surface area contributed by atoms with Crippen LogP contribution in [0.4, 0.5) is 0 Å². The Labute approximate surface area is 135 Å². The molecule has 1 heterocycles. The minimum Gasteiger partial charge on any atom is -0.477 e. The van der Waals surface area contributed by atoms with Gasteiger partial charge in [0.05, 0.1) is 0 Å². The average molecular weight is 308 g/mol. The topological polar surface area (TPSA) is 65.1 Å². The second kappa shape index (κ2) is 6.67. The summed E-state index contributed by atoms with van der Waals surface area (Å²) in [5.41, 5.74) is 4.35. The Hall–Kier alpha value is -2.59. The van der Waals surface area contributed by atoms with Crippen LogP contribution in [0.25, 0.3) is 10.9 Å². The molecule has 4 nitrogen and oxygen atoms in total. The Morgan fingerprint density at radius 3 is 2.70 bits per heavy atom. The van der Waals surface area contributed by atoms with Gasteiger partial charge in [0.25, 0.3) is 0 Å². The third-order valence-electron chi connectivity index (χ3n) is 4.01. The first-order valence-corrected chi connectivity index (χ1v) is 7.74. The molecule has 2 aromatic carbocycles. The fourth-order valence-corrected chi connectivity index (χ4v) is 2.83. The molecule has 1 aromatic heterocycles. The molecule has 3 aromatic rings. The number of H-pyrrole nitrogens is 1. The fourth-order valence-electron chi connectivity index (χ4n) is 2.83. The van der Waals surface area contributed by atoms with Gasteiger partial charge in [-0.1, -0.05) is 42.5 Å². The van der Waals surface area contributed by atoms with E-state index in [-0.39, 0.29) is 5.69 Å². The Morgan fingerprint density at radius 2 is 1.96 bits per heavy atom. The van der Waals surface area contributed by atoms with Crippen LogP contribution < -0.4 is 5.32 Å². The van der Waals surface area contributed by atoms with E-state index in [1.165, 1.54) is 5.56 Å². The van der Waals surface area contributed by atoms with Gasteiger partial charge < -0.3 is 15.4 Å². The van der Waals surface area contributed by atoms with Crippen molar-refractivity contribution < 1.29 is 9.90 Å². The number of aromatic carboxylic acids is 1. The number of fused-ring (bicyclic) bond motifs is 1. The Balaban J connectivity index is 1.74. The summed E-state index contributed by atoms with van der Waals surface area (Å²) in [7, 11) is 0. The van der Waals surface area contributed by atoms with Gasteiger partial charge >= 0.3 is 5.97 Å². The number of aromatic amines is 1. The lowest BCUT2D eigenvalue weighted by atomic mass is 10.1. The molecular formula is C19H20N2O2. The lowest BCUT2D eigenvalue weighted by Crippen LogP contribution is -2.18. The van der Waals surface area contributed by atoms with Crippen molar-refractivity contribution in [2.24, 2.45) is 0 Å². The maximum absolute atomic E-state index is 11.5. The first-order valence-electron chi connectivity index (χ1n) is 7.74. The zero-order valence-corrected chi connectivity index (χ0v) is 13.1. The van der Waals surface area contributed by atoms with Crippen LogP contribution in [0.5, 0.6) is 0 Å². The van der Waals surface area contributed by atoms with Gasteiger partial charge in [0.1, 0.15) is 5.69 Å². The number of nitrogens with one attached hydrogen (secondary N) is 2. The summed E-state index contributed by atoms with van der Waals surface area (Å²) in [5.74, 6) is -0.918. The highest BCUT2D eigenvalue weighted by Gasteiger charge is 2.16. The summed E-state index contributed by atoms with van der Waals surface area (Å²) < 4.78 is 0. The van der Waals surface area contributed by atoms with Gasteiger partial charge in [-0.05, 0) is 37.1 Å². The molecule has 118 valence electrons. The van der Waals surface area contributed by atoms with E-state index in [2.05, 4.69) is 22.4 Å². The molecule has 0 fully saturated rings. The van der Waals surface area contributed by atoms with Gasteiger partial charge in [-0.25, -0.2) is 4.79 Å². The van der Waals surface area contributed by atoms with E-state index in [0.717, 1.165) is 35.0 Å². The van der Waals surface area contributed by atoms with E-state index in [9.17, 15) is 9.90 Å². The van der Waals surface area contributed by atoms with Crippen molar-refractivity contribution in [1.29, 1.82) is 0 Å². The SMILES string of the molecule is Cc1ccc2c(CNCCc3ccccc3)c(C(=O)O)[nH]c2c1. The van der Waals surface area contributed by atoms with Gasteiger partial charge in [-0.3, -0.25) is 0 Å². The Kier molecular flexibility index (Phi) is 4.44. The number of benzene rings is 2. The molecule has 0 saturated carbocycles. The van der Waals surface area contributed by atoms with Crippen LogP contribution in [0.1, 0.15) is 27.2 Å². The summed E-state index contributed by atoms with van der Waals surface area (Å²) in [6.45, 7) is 3.34. The smallest absolute Gasteiger partial charge is 0.352 e. The van der Waals surface area contributed by atoms with Crippen LogP contribution in [-0.2, 0) is 13.0 Å². The molecule has 4 heteroatoms. The molecule has 3 rings (SSSR count). The number of carbonyl (C=O) groups is 1. The molecule has 0 amide bonds. The summed E-state index contributed by atoms with van der Waals surface area (Å²) in [6, 6.07) is 16.2. The van der Waals surface area contributed by atoms with Crippen LogP contribution >= 0.6 is 0 Å². The van der Waals surface area contributed by atoms with Crippen LogP contribution in [0, 0.1) is 6.92 Å². The first-order chi connectivity index (χ1) is 11.1. The molecule has 0 aliphatic carbocycles. The van der Waals surface area contributed by atoms with Gasteiger partial charge in [-0.2, -0.15) is 0 Å². The summed E-state index contributed by atoms with van der Waals surface area (Å²) in [4.78, 5) is 14.5. The van der Waals surface area contributed by atoms with Crippen LogP contribution in [0.2, 0.25) is 0 Å². The molecule has 0 aliphatic rings. The highest BCUT2D eigenvalue weighted by Crippen LogP contribution is 2.23. The van der Waals surface area contributed by atoms with Crippen molar-refractivity contribution >= 4 is 16.9 Å². The molecule has 0 radical (unpaired) electrons. The summed E-state index contributed by atoms with van der Waals surface area (Å²) in [5, 5.41) is 13.7. The van der Waals surface area contributed by atoms with E-state index in [0.29, 0.717) is 6.54 Å². The minimum atomic E-state index is -0.918. The zero-order valence-electron chi connectivity index (χ0n) is 13.1. The third-order valence-corrected chi connectivity index (χ3v) is 4.01. The molecule has 0 spiro atoms. The standard InChI is InChI=1S/C19H20N2O2/c1-13-7-8-15-16(18(19(22)23)21-17(15)11-13)12-20-10-9-14-5-3-2-4-6-14/h2-8,11,20-21H,9-10,12H2,1H3,(H,22,23). The van der Waals surface area contributed by atoms with E-state index in [1.54, 1.807) is 0 Å². The first kappa shape index (κ1) is 15.3. The monoisotopic (exact) mass is 308 g/mol. The van der Waals surface area contributed by atoms with Crippen LogP contribution in [-0.4, -0.2) is 22.6 Å².